The number of carbonyl (C=O) groups is 1. The zero-order valence-corrected chi connectivity index (χ0v) is 22.8. The third-order valence-corrected chi connectivity index (χ3v) is 7.71. The molecule has 1 saturated heterocycles. The second kappa shape index (κ2) is 10.4. The quantitative estimate of drug-likeness (QED) is 0.212. The number of amides is 1. The Morgan fingerprint density at radius 1 is 1.05 bits per heavy atom. The second-order valence-corrected chi connectivity index (χ2v) is 10.5. The third-order valence-electron chi connectivity index (χ3n) is 6.41. The number of fused-ring (bicyclic) bond motifs is 1. The van der Waals surface area contributed by atoms with E-state index >= 15 is 0 Å². The van der Waals surface area contributed by atoms with Crippen LogP contribution in [0.15, 0.2) is 69.2 Å². The van der Waals surface area contributed by atoms with Crippen LogP contribution in [0.3, 0.4) is 0 Å². The molecule has 1 aliphatic heterocycles. The van der Waals surface area contributed by atoms with Crippen LogP contribution in [0.4, 0.5) is 11.5 Å². The zero-order valence-electron chi connectivity index (χ0n) is 21.2. The lowest BCUT2D eigenvalue weighted by Crippen LogP contribution is -2.33. The van der Waals surface area contributed by atoms with E-state index in [0.717, 1.165) is 24.6 Å². The largest absolute Gasteiger partial charge is 0.369 e. The number of thioether (sulfide) groups is 1. The van der Waals surface area contributed by atoms with Crippen LogP contribution in [0.2, 0.25) is 0 Å². The number of para-hydroxylation sites is 1. The number of pyridine rings is 1. The number of nitrogens with zero attached hydrogens (tertiary/aromatic N) is 5. The van der Waals surface area contributed by atoms with Crippen LogP contribution in [-0.2, 0) is 11.8 Å². The van der Waals surface area contributed by atoms with Gasteiger partial charge in [0, 0.05) is 19.8 Å². The van der Waals surface area contributed by atoms with Gasteiger partial charge >= 0.3 is 0 Å². The van der Waals surface area contributed by atoms with Gasteiger partial charge in [-0.25, -0.2) is 9.67 Å². The number of carbonyl (C=O) groups excluding carboxylic acids is 1. The van der Waals surface area contributed by atoms with Gasteiger partial charge < -0.3 is 5.32 Å². The van der Waals surface area contributed by atoms with Crippen LogP contribution < -0.4 is 21.3 Å². The highest BCUT2D eigenvalue weighted by molar-refractivity contribution is 8.27. The molecule has 0 unspecified atom stereocenters. The molecule has 9 nitrogen and oxygen atoms in total. The van der Waals surface area contributed by atoms with Crippen molar-refractivity contribution < 1.29 is 4.79 Å². The Bertz CT molecular complexity index is 1720. The smallest absolute Gasteiger partial charge is 0.296 e. The van der Waals surface area contributed by atoms with Gasteiger partial charge in [0.1, 0.15) is 17.2 Å². The Hall–Kier alpha value is -3.96. The maximum Gasteiger partial charge on any atom is 0.296 e. The molecule has 4 aromatic rings. The summed E-state index contributed by atoms with van der Waals surface area (Å²) >= 11 is 6.62. The molecule has 4 heterocycles. The molecule has 0 saturated carbocycles. The molecule has 3 aromatic heterocycles. The molecule has 38 heavy (non-hydrogen) atoms. The van der Waals surface area contributed by atoms with Crippen molar-refractivity contribution in [3.63, 3.8) is 0 Å². The topological polar surface area (TPSA) is 93.6 Å². The van der Waals surface area contributed by atoms with E-state index in [1.54, 1.807) is 37.0 Å². The van der Waals surface area contributed by atoms with Crippen molar-refractivity contribution in [1.82, 2.24) is 18.7 Å². The average Bonchev–Trinajstić information content (AvgIpc) is 3.31. The molecule has 0 bridgehead atoms. The molecular weight excluding hydrogens is 520 g/mol. The Morgan fingerprint density at radius 3 is 2.53 bits per heavy atom. The summed E-state index contributed by atoms with van der Waals surface area (Å²) in [4.78, 5) is 46.8. The van der Waals surface area contributed by atoms with E-state index < -0.39 is 5.91 Å². The lowest BCUT2D eigenvalue weighted by molar-refractivity contribution is -0.113. The molecule has 0 radical (unpaired) electrons. The molecule has 1 amide bonds. The monoisotopic (exact) mass is 546 g/mol. The Kier molecular flexibility index (Phi) is 7.04. The number of hydrogen-bond donors (Lipinski definition) is 1. The molecule has 0 atom stereocenters. The van der Waals surface area contributed by atoms with Gasteiger partial charge in [-0.15, -0.1) is 0 Å². The fraction of sp³-hybridized carbons (Fsp3) is 0.222. The number of nitrogens with one attached hydrogen (secondary N) is 1. The second-order valence-electron chi connectivity index (χ2n) is 8.82. The summed E-state index contributed by atoms with van der Waals surface area (Å²) < 4.78 is 4.87. The van der Waals surface area contributed by atoms with Gasteiger partial charge in [-0.1, -0.05) is 61.6 Å². The van der Waals surface area contributed by atoms with E-state index in [9.17, 15) is 14.4 Å². The summed E-state index contributed by atoms with van der Waals surface area (Å²) in [7, 11) is 1.76. The molecule has 0 aliphatic carbocycles. The number of anilines is 2. The highest BCUT2D eigenvalue weighted by Gasteiger charge is 2.38. The van der Waals surface area contributed by atoms with Gasteiger partial charge in [-0.2, -0.15) is 0 Å². The maximum atomic E-state index is 13.7. The molecule has 11 heteroatoms. The van der Waals surface area contributed by atoms with Gasteiger partial charge in [-0.05, 0) is 43.7 Å². The van der Waals surface area contributed by atoms with Crippen molar-refractivity contribution in [2.75, 3.05) is 16.8 Å². The number of hydrogen-bond acceptors (Lipinski definition) is 7. The van der Waals surface area contributed by atoms with E-state index in [0.29, 0.717) is 29.4 Å². The summed E-state index contributed by atoms with van der Waals surface area (Å²) in [6, 6.07) is 14.5. The Labute approximate surface area is 228 Å². The molecule has 1 aliphatic rings. The third kappa shape index (κ3) is 4.37. The molecule has 194 valence electrons. The van der Waals surface area contributed by atoms with Crippen molar-refractivity contribution in [2.45, 2.75) is 26.7 Å². The van der Waals surface area contributed by atoms with E-state index in [1.807, 2.05) is 36.4 Å². The molecule has 1 fully saturated rings. The number of rotatable bonds is 7. The standard InChI is InChI=1S/C27H26N6O3S2/c1-4-5-14-28-23-19(24(34)31-15-10-9-13-21(31)29-23)16-20-25(35)32(27(37)38-20)22-17(2)30(3)33(26(22)36)18-11-7-6-8-12-18/h6-13,15-16,28H,4-5,14H2,1-3H3. The van der Waals surface area contributed by atoms with E-state index in [4.69, 9.17) is 12.2 Å². The summed E-state index contributed by atoms with van der Waals surface area (Å²) in [5.41, 5.74) is 1.56. The van der Waals surface area contributed by atoms with Gasteiger partial charge in [0.2, 0.25) is 0 Å². The van der Waals surface area contributed by atoms with Gasteiger partial charge in [0.05, 0.1) is 21.8 Å². The minimum Gasteiger partial charge on any atom is -0.369 e. The summed E-state index contributed by atoms with van der Waals surface area (Å²) in [6.45, 7) is 4.48. The SMILES string of the molecule is CCCCNc1nc2ccccn2c(=O)c1C=C1SC(=S)N(c2c(C)n(C)n(-c3ccccc3)c2=O)C1=O. The zero-order chi connectivity index (χ0) is 27.0. The normalized spacial score (nSPS) is 14.7. The van der Waals surface area contributed by atoms with Crippen LogP contribution in [0.25, 0.3) is 17.4 Å². The molecule has 5 rings (SSSR count). The van der Waals surface area contributed by atoms with E-state index in [1.165, 1.54) is 20.1 Å². The predicted molar refractivity (Wildman–Crippen MR) is 156 cm³/mol. The maximum absolute atomic E-state index is 13.7. The molecular formula is C27H26N6O3S2. The first-order valence-electron chi connectivity index (χ1n) is 12.2. The fourth-order valence-corrected chi connectivity index (χ4v) is 5.61. The van der Waals surface area contributed by atoms with Crippen LogP contribution in [0, 0.1) is 6.92 Å². The van der Waals surface area contributed by atoms with E-state index in [-0.39, 0.29) is 31.6 Å². The fourth-order valence-electron chi connectivity index (χ4n) is 4.35. The number of thiocarbonyl (C=S) groups is 1. The van der Waals surface area contributed by atoms with Crippen LogP contribution >= 0.6 is 24.0 Å². The minimum absolute atomic E-state index is 0.192. The van der Waals surface area contributed by atoms with Crippen LogP contribution in [0.5, 0.6) is 0 Å². The first-order chi connectivity index (χ1) is 18.3. The van der Waals surface area contributed by atoms with Gasteiger partial charge in [0.25, 0.3) is 17.0 Å². The highest BCUT2D eigenvalue weighted by Crippen LogP contribution is 2.36. The molecule has 1 aromatic carbocycles. The predicted octanol–water partition coefficient (Wildman–Crippen LogP) is 4.11. The number of benzene rings is 1. The van der Waals surface area contributed by atoms with Crippen molar-refractivity contribution >= 4 is 57.4 Å². The Morgan fingerprint density at radius 2 is 1.79 bits per heavy atom. The summed E-state index contributed by atoms with van der Waals surface area (Å²) in [6.07, 6.45) is 5.04. The first-order valence-corrected chi connectivity index (χ1v) is 13.4. The average molecular weight is 547 g/mol. The van der Waals surface area contributed by atoms with E-state index in [2.05, 4.69) is 17.2 Å². The number of unbranched alkanes of at least 4 members (excludes halogenated alkanes) is 1. The number of aromatic nitrogens is 4. The lowest BCUT2D eigenvalue weighted by Gasteiger charge is -2.12. The summed E-state index contributed by atoms with van der Waals surface area (Å²) in [5, 5.41) is 3.24. The van der Waals surface area contributed by atoms with Crippen LogP contribution in [-0.4, -0.2) is 35.5 Å². The van der Waals surface area contributed by atoms with Crippen molar-refractivity contribution in [3.05, 3.63) is 91.6 Å². The lowest BCUT2D eigenvalue weighted by atomic mass is 10.2. The minimum atomic E-state index is -0.455. The van der Waals surface area contributed by atoms with Gasteiger partial charge in [-0.3, -0.25) is 28.4 Å². The van der Waals surface area contributed by atoms with Crippen LogP contribution in [0.1, 0.15) is 31.0 Å². The highest BCUT2D eigenvalue weighted by atomic mass is 32.2. The Balaban J connectivity index is 1.60. The molecule has 0 spiro atoms. The summed E-state index contributed by atoms with van der Waals surface area (Å²) in [5.74, 6) is -0.0506. The van der Waals surface area contributed by atoms with Crippen molar-refractivity contribution in [3.8, 4) is 5.69 Å². The first kappa shape index (κ1) is 25.7. The van der Waals surface area contributed by atoms with Crippen molar-refractivity contribution in [2.24, 2.45) is 7.05 Å². The van der Waals surface area contributed by atoms with Crippen molar-refractivity contribution in [1.29, 1.82) is 0 Å². The van der Waals surface area contributed by atoms with Gasteiger partial charge in [0.15, 0.2) is 4.32 Å². The molecule has 1 N–H and O–H groups in total.